The summed E-state index contributed by atoms with van der Waals surface area (Å²) in [5.41, 5.74) is 7.00. The van der Waals surface area contributed by atoms with Crippen LogP contribution >= 0.6 is 0 Å². The summed E-state index contributed by atoms with van der Waals surface area (Å²) in [7, 11) is 0. The lowest BCUT2D eigenvalue weighted by molar-refractivity contribution is 0.755. The van der Waals surface area contributed by atoms with Gasteiger partial charge in [-0.05, 0) is 16.3 Å². The summed E-state index contributed by atoms with van der Waals surface area (Å²) in [6.45, 7) is 0. The van der Waals surface area contributed by atoms with Crippen LogP contribution < -0.4 is 5.73 Å². The zero-order chi connectivity index (χ0) is 10.7. The number of benzene rings is 2. The maximum absolute atomic E-state index is 8.64. The highest BCUT2D eigenvalue weighted by atomic mass is 14.6. The molecular formula is C13H12N2. The van der Waals surface area contributed by atoms with Crippen LogP contribution in [0, 0.1) is 11.3 Å². The molecule has 2 nitrogen and oxygen atoms in total. The van der Waals surface area contributed by atoms with Crippen molar-refractivity contribution in [3.05, 3.63) is 48.0 Å². The van der Waals surface area contributed by atoms with Crippen molar-refractivity contribution in [2.75, 3.05) is 0 Å². The van der Waals surface area contributed by atoms with E-state index in [1.165, 1.54) is 5.39 Å². The molecule has 2 N–H and O–H groups in total. The lowest BCUT2D eigenvalue weighted by Crippen LogP contribution is -2.09. The fourth-order valence-corrected chi connectivity index (χ4v) is 1.78. The van der Waals surface area contributed by atoms with Crippen molar-refractivity contribution in [1.82, 2.24) is 0 Å². The molecule has 2 aromatic rings. The first kappa shape index (κ1) is 9.70. The molecule has 0 aliphatic rings. The van der Waals surface area contributed by atoms with Gasteiger partial charge in [0.2, 0.25) is 0 Å². The lowest BCUT2D eigenvalue weighted by atomic mass is 9.98. The second-order valence-electron chi connectivity index (χ2n) is 3.54. The Labute approximate surface area is 88.9 Å². The average Bonchev–Trinajstić information content (AvgIpc) is 2.28. The second-order valence-corrected chi connectivity index (χ2v) is 3.54. The highest BCUT2D eigenvalue weighted by Crippen LogP contribution is 2.24. The Morgan fingerprint density at radius 3 is 2.67 bits per heavy atom. The molecule has 2 heteroatoms. The first-order valence-electron chi connectivity index (χ1n) is 4.93. The van der Waals surface area contributed by atoms with E-state index in [4.69, 9.17) is 11.0 Å². The third-order valence-electron chi connectivity index (χ3n) is 2.53. The van der Waals surface area contributed by atoms with Crippen molar-refractivity contribution in [3.63, 3.8) is 0 Å². The van der Waals surface area contributed by atoms with Crippen LogP contribution in [-0.4, -0.2) is 0 Å². The summed E-state index contributed by atoms with van der Waals surface area (Å²) in [5, 5.41) is 11.0. The molecule has 1 atom stereocenters. The van der Waals surface area contributed by atoms with Crippen molar-refractivity contribution in [2.45, 2.75) is 12.5 Å². The van der Waals surface area contributed by atoms with Crippen molar-refractivity contribution in [3.8, 4) is 6.07 Å². The Bertz CT molecular complexity index is 506. The smallest absolute Gasteiger partial charge is 0.0641 e. The standard InChI is InChI=1S/C13H12N2/c14-9-8-13(15)12-7-3-5-10-4-1-2-6-11(10)12/h1-7,13H,8,15H2/t13-/m1/s1. The predicted octanol–water partition coefficient (Wildman–Crippen LogP) is 2.75. The molecule has 2 aromatic carbocycles. The molecular weight excluding hydrogens is 184 g/mol. The number of hydrogen-bond acceptors (Lipinski definition) is 2. The molecule has 0 aromatic heterocycles. The quantitative estimate of drug-likeness (QED) is 0.802. The van der Waals surface area contributed by atoms with Gasteiger partial charge in [-0.2, -0.15) is 5.26 Å². The Kier molecular flexibility index (Phi) is 2.66. The van der Waals surface area contributed by atoms with Gasteiger partial charge in [0, 0.05) is 6.04 Å². The van der Waals surface area contributed by atoms with Crippen molar-refractivity contribution < 1.29 is 0 Å². The first-order valence-corrected chi connectivity index (χ1v) is 4.93. The van der Waals surface area contributed by atoms with Crippen LogP contribution in [0.25, 0.3) is 10.8 Å². The van der Waals surface area contributed by atoms with Crippen LogP contribution in [0.5, 0.6) is 0 Å². The Morgan fingerprint density at radius 2 is 1.87 bits per heavy atom. The van der Waals surface area contributed by atoms with Crippen LogP contribution in [-0.2, 0) is 0 Å². The zero-order valence-electron chi connectivity index (χ0n) is 8.35. The van der Waals surface area contributed by atoms with Gasteiger partial charge in [0.25, 0.3) is 0 Å². The van der Waals surface area contributed by atoms with Crippen molar-refractivity contribution in [2.24, 2.45) is 5.73 Å². The molecule has 0 saturated heterocycles. The van der Waals surface area contributed by atoms with Crippen LogP contribution in [0.2, 0.25) is 0 Å². The Hall–Kier alpha value is -1.85. The van der Waals surface area contributed by atoms with E-state index in [1.807, 2.05) is 30.3 Å². The maximum atomic E-state index is 8.64. The third kappa shape index (κ3) is 1.83. The van der Waals surface area contributed by atoms with Gasteiger partial charge < -0.3 is 5.73 Å². The number of nitriles is 1. The van der Waals surface area contributed by atoms with Gasteiger partial charge in [0.05, 0.1) is 12.5 Å². The van der Waals surface area contributed by atoms with Crippen LogP contribution in [0.4, 0.5) is 0 Å². The third-order valence-corrected chi connectivity index (χ3v) is 2.53. The molecule has 2 rings (SSSR count). The van der Waals surface area contributed by atoms with E-state index in [9.17, 15) is 0 Å². The molecule has 15 heavy (non-hydrogen) atoms. The van der Waals surface area contributed by atoms with Crippen molar-refractivity contribution >= 4 is 10.8 Å². The molecule has 0 heterocycles. The predicted molar refractivity (Wildman–Crippen MR) is 61.1 cm³/mol. The second kappa shape index (κ2) is 4.12. The maximum Gasteiger partial charge on any atom is 0.0641 e. The zero-order valence-corrected chi connectivity index (χ0v) is 8.35. The molecule has 0 aliphatic heterocycles. The minimum absolute atomic E-state index is 0.193. The van der Waals surface area contributed by atoms with Gasteiger partial charge in [0.15, 0.2) is 0 Å². The minimum atomic E-state index is -0.193. The molecule has 0 bridgehead atoms. The lowest BCUT2D eigenvalue weighted by Gasteiger charge is -2.11. The molecule has 0 amide bonds. The number of fused-ring (bicyclic) bond motifs is 1. The SMILES string of the molecule is N#CC[C@@H](N)c1cccc2ccccc12. The van der Waals surface area contributed by atoms with Gasteiger partial charge in [-0.1, -0.05) is 42.5 Å². The minimum Gasteiger partial charge on any atom is -0.323 e. The van der Waals surface area contributed by atoms with Gasteiger partial charge in [0.1, 0.15) is 0 Å². The summed E-state index contributed by atoms with van der Waals surface area (Å²) in [4.78, 5) is 0. The summed E-state index contributed by atoms with van der Waals surface area (Å²) >= 11 is 0. The van der Waals surface area contributed by atoms with E-state index in [1.54, 1.807) is 0 Å². The number of hydrogen-bond donors (Lipinski definition) is 1. The Balaban J connectivity index is 2.56. The van der Waals surface area contributed by atoms with Crippen LogP contribution in [0.15, 0.2) is 42.5 Å². The number of nitrogens with two attached hydrogens (primary N) is 1. The molecule has 0 saturated carbocycles. The van der Waals surface area contributed by atoms with E-state index in [2.05, 4.69) is 18.2 Å². The molecule has 0 radical (unpaired) electrons. The normalized spacial score (nSPS) is 12.3. The highest BCUT2D eigenvalue weighted by molar-refractivity contribution is 5.86. The van der Waals surface area contributed by atoms with E-state index >= 15 is 0 Å². The average molecular weight is 196 g/mol. The Morgan fingerprint density at radius 1 is 1.13 bits per heavy atom. The van der Waals surface area contributed by atoms with Crippen LogP contribution in [0.3, 0.4) is 0 Å². The van der Waals surface area contributed by atoms with E-state index in [-0.39, 0.29) is 6.04 Å². The van der Waals surface area contributed by atoms with Crippen molar-refractivity contribution in [1.29, 1.82) is 5.26 Å². The fourth-order valence-electron chi connectivity index (χ4n) is 1.78. The fraction of sp³-hybridized carbons (Fsp3) is 0.154. The number of rotatable bonds is 2. The highest BCUT2D eigenvalue weighted by Gasteiger charge is 2.08. The topological polar surface area (TPSA) is 49.8 Å². The molecule has 0 aliphatic carbocycles. The summed E-state index contributed by atoms with van der Waals surface area (Å²) in [6, 6.07) is 16.0. The monoisotopic (exact) mass is 196 g/mol. The molecule has 0 spiro atoms. The van der Waals surface area contributed by atoms with Gasteiger partial charge in [-0.25, -0.2) is 0 Å². The van der Waals surface area contributed by atoms with Gasteiger partial charge >= 0.3 is 0 Å². The van der Waals surface area contributed by atoms with Gasteiger partial charge in [-0.3, -0.25) is 0 Å². The van der Waals surface area contributed by atoms with E-state index < -0.39 is 0 Å². The van der Waals surface area contributed by atoms with E-state index in [0.717, 1.165) is 10.9 Å². The summed E-state index contributed by atoms with van der Waals surface area (Å²) in [5.74, 6) is 0. The number of nitrogens with zero attached hydrogens (tertiary/aromatic N) is 1. The molecule has 74 valence electrons. The summed E-state index contributed by atoms with van der Waals surface area (Å²) < 4.78 is 0. The van der Waals surface area contributed by atoms with Crippen LogP contribution in [0.1, 0.15) is 18.0 Å². The van der Waals surface area contributed by atoms with E-state index in [0.29, 0.717) is 6.42 Å². The first-order chi connectivity index (χ1) is 7.33. The molecule has 0 fully saturated rings. The largest absolute Gasteiger partial charge is 0.323 e. The van der Waals surface area contributed by atoms with Gasteiger partial charge in [-0.15, -0.1) is 0 Å². The molecule has 0 unspecified atom stereocenters. The summed E-state index contributed by atoms with van der Waals surface area (Å²) in [6.07, 6.45) is 0.355.